The molecule has 0 aromatic carbocycles. The van der Waals surface area contributed by atoms with Crippen molar-refractivity contribution in [3.8, 4) is 0 Å². The minimum atomic E-state index is -4.96. The average molecular weight is 1510 g/mol. The maximum absolute atomic E-state index is 13.1. The van der Waals surface area contributed by atoms with Gasteiger partial charge in [-0.1, -0.05) is 395 Å². The van der Waals surface area contributed by atoms with E-state index in [0.717, 1.165) is 102 Å². The number of phosphoric acid groups is 2. The highest BCUT2D eigenvalue weighted by Gasteiger charge is 2.30. The van der Waals surface area contributed by atoms with Gasteiger partial charge in [0.15, 0.2) is 12.2 Å². The maximum Gasteiger partial charge on any atom is 0.472 e. The van der Waals surface area contributed by atoms with Gasteiger partial charge in [0.05, 0.1) is 26.4 Å². The maximum atomic E-state index is 13.1. The van der Waals surface area contributed by atoms with Gasteiger partial charge >= 0.3 is 39.5 Å². The van der Waals surface area contributed by atoms with Gasteiger partial charge in [0.2, 0.25) is 0 Å². The zero-order valence-electron chi connectivity index (χ0n) is 67.6. The highest BCUT2D eigenvalue weighted by Crippen LogP contribution is 2.45. The second-order valence-corrected chi connectivity index (χ2v) is 33.8. The van der Waals surface area contributed by atoms with Crippen LogP contribution in [0.3, 0.4) is 0 Å². The Kier molecular flexibility index (Phi) is 74.1. The lowest BCUT2D eigenvalue weighted by atomic mass is 9.99. The molecule has 0 heterocycles. The standard InChI is InChI=1S/C84H164O17P2/c1-7-10-12-14-16-18-20-21-22-23-24-25-26-27-28-29-34-37-44-50-56-62-68-83(88)100-80(73-95-82(87)67-61-55-49-43-36-33-31-30-32-35-41-47-53-59-65-77(6)9-3)75-99-103(92,93)97-71-78(85)70-96-102(90,91)98-74-79(72-94-81(86)66-60-54-48-42-19-17-15-13-11-8-2)101-84(89)69-63-57-51-45-39-38-40-46-52-58-64-76(4)5/h76-80,85H,7-75H2,1-6H3,(H,90,91)(H,92,93)/t77?,78-,79+,80+/m0/s1. The van der Waals surface area contributed by atoms with Crippen molar-refractivity contribution in [2.24, 2.45) is 11.8 Å². The van der Waals surface area contributed by atoms with E-state index in [-0.39, 0.29) is 25.7 Å². The second-order valence-electron chi connectivity index (χ2n) is 30.9. The van der Waals surface area contributed by atoms with Crippen LogP contribution < -0.4 is 0 Å². The first-order chi connectivity index (χ1) is 49.9. The number of phosphoric ester groups is 2. The minimum absolute atomic E-state index is 0.106. The van der Waals surface area contributed by atoms with Crippen molar-refractivity contribution in [1.82, 2.24) is 0 Å². The van der Waals surface area contributed by atoms with Crippen LogP contribution in [0.1, 0.15) is 446 Å². The van der Waals surface area contributed by atoms with Gasteiger partial charge in [-0.2, -0.15) is 0 Å². The Hall–Kier alpha value is -1.94. The lowest BCUT2D eigenvalue weighted by Gasteiger charge is -2.21. The van der Waals surface area contributed by atoms with Crippen LogP contribution >= 0.6 is 15.6 Å². The van der Waals surface area contributed by atoms with Gasteiger partial charge < -0.3 is 33.8 Å². The number of aliphatic hydroxyl groups is 1. The zero-order valence-corrected chi connectivity index (χ0v) is 69.4. The molecule has 6 atom stereocenters. The highest BCUT2D eigenvalue weighted by atomic mass is 31.2. The Bertz CT molecular complexity index is 1980. The van der Waals surface area contributed by atoms with Crippen LogP contribution in [-0.2, 0) is 65.4 Å². The molecular weight excluding hydrogens is 1340 g/mol. The Morgan fingerprint density at radius 1 is 0.282 bits per heavy atom. The summed E-state index contributed by atoms with van der Waals surface area (Å²) in [5.74, 6) is -0.504. The molecule has 0 amide bonds. The number of ether oxygens (including phenoxy) is 4. The third kappa shape index (κ3) is 76.6. The number of unbranched alkanes of at least 4 members (excludes halogenated alkanes) is 52. The van der Waals surface area contributed by atoms with Gasteiger partial charge in [0.1, 0.15) is 19.3 Å². The Morgan fingerprint density at radius 2 is 0.495 bits per heavy atom. The molecule has 0 aromatic rings. The first-order valence-electron chi connectivity index (χ1n) is 43.5. The quantitative estimate of drug-likeness (QED) is 0.0222. The van der Waals surface area contributed by atoms with Crippen molar-refractivity contribution in [3.63, 3.8) is 0 Å². The third-order valence-electron chi connectivity index (χ3n) is 20.1. The van der Waals surface area contributed by atoms with Crippen molar-refractivity contribution in [3.05, 3.63) is 0 Å². The summed E-state index contributed by atoms with van der Waals surface area (Å²) >= 11 is 0. The van der Waals surface area contributed by atoms with Crippen LogP contribution in [-0.4, -0.2) is 96.7 Å². The number of esters is 4. The number of hydrogen-bond acceptors (Lipinski definition) is 15. The van der Waals surface area contributed by atoms with E-state index >= 15 is 0 Å². The van der Waals surface area contributed by atoms with Crippen LogP contribution in [0.2, 0.25) is 0 Å². The fourth-order valence-corrected chi connectivity index (χ4v) is 14.6. The van der Waals surface area contributed by atoms with Gasteiger partial charge in [-0.05, 0) is 37.5 Å². The molecule has 0 radical (unpaired) electrons. The molecular formula is C84H164O17P2. The number of rotatable bonds is 83. The third-order valence-corrected chi connectivity index (χ3v) is 22.0. The lowest BCUT2D eigenvalue weighted by molar-refractivity contribution is -0.161. The molecule has 103 heavy (non-hydrogen) atoms. The fourth-order valence-electron chi connectivity index (χ4n) is 13.0. The van der Waals surface area contributed by atoms with E-state index in [2.05, 4.69) is 41.5 Å². The summed E-state index contributed by atoms with van der Waals surface area (Å²) in [5.41, 5.74) is 0. The van der Waals surface area contributed by atoms with Crippen molar-refractivity contribution >= 4 is 39.5 Å². The summed E-state index contributed by atoms with van der Waals surface area (Å²) in [6.07, 6.45) is 66.7. The topological polar surface area (TPSA) is 237 Å². The van der Waals surface area contributed by atoms with E-state index in [0.29, 0.717) is 25.7 Å². The summed E-state index contributed by atoms with van der Waals surface area (Å²) in [7, 11) is -9.92. The second kappa shape index (κ2) is 75.5. The molecule has 19 heteroatoms. The van der Waals surface area contributed by atoms with Crippen LogP contribution in [0.5, 0.6) is 0 Å². The Labute approximate surface area is 632 Å². The van der Waals surface area contributed by atoms with E-state index in [1.165, 1.54) is 263 Å². The summed E-state index contributed by atoms with van der Waals surface area (Å²) in [6, 6.07) is 0. The average Bonchev–Trinajstić information content (AvgIpc) is 0.912. The molecule has 0 aromatic heterocycles. The summed E-state index contributed by atoms with van der Waals surface area (Å²) in [4.78, 5) is 73.1. The largest absolute Gasteiger partial charge is 0.472 e. The number of hydrogen-bond donors (Lipinski definition) is 3. The highest BCUT2D eigenvalue weighted by molar-refractivity contribution is 7.47. The Morgan fingerprint density at radius 3 is 0.738 bits per heavy atom. The SMILES string of the molecule is CCCCCCCCCCCCCCCCCCCCCCCCC(=O)O[C@H](COC(=O)CCCCCCCCCCCCCCCCC(C)CC)COP(=O)(O)OC[C@@H](O)COP(=O)(O)OC[C@@H](COC(=O)CCCCCCCCCCCC)OC(=O)CCCCCCCCCCCCC(C)C. The molecule has 0 rings (SSSR count). The molecule has 17 nitrogen and oxygen atoms in total. The molecule has 3 N–H and O–H groups in total. The molecule has 0 fully saturated rings. The van der Waals surface area contributed by atoms with Crippen molar-refractivity contribution in [2.45, 2.75) is 464 Å². The molecule has 0 aliphatic heterocycles. The summed E-state index contributed by atoms with van der Waals surface area (Å²) in [6.45, 7) is 9.69. The fraction of sp³-hybridized carbons (Fsp3) is 0.952. The van der Waals surface area contributed by atoms with E-state index in [4.69, 9.17) is 37.0 Å². The zero-order chi connectivity index (χ0) is 75.6. The molecule has 0 bridgehead atoms. The molecule has 0 spiro atoms. The van der Waals surface area contributed by atoms with Gasteiger partial charge in [-0.3, -0.25) is 37.3 Å². The molecule has 0 aliphatic carbocycles. The van der Waals surface area contributed by atoms with E-state index < -0.39 is 97.5 Å². The predicted octanol–water partition coefficient (Wildman–Crippen LogP) is 25.5. The Balaban J connectivity index is 5.21. The molecule has 0 saturated heterocycles. The van der Waals surface area contributed by atoms with E-state index in [1.807, 2.05) is 0 Å². The van der Waals surface area contributed by atoms with Crippen LogP contribution in [0.15, 0.2) is 0 Å². The van der Waals surface area contributed by atoms with Crippen LogP contribution in [0.25, 0.3) is 0 Å². The van der Waals surface area contributed by atoms with Gasteiger partial charge in [-0.25, -0.2) is 9.13 Å². The monoisotopic (exact) mass is 1510 g/mol. The first-order valence-corrected chi connectivity index (χ1v) is 46.5. The predicted molar refractivity (Wildman–Crippen MR) is 423 cm³/mol. The van der Waals surface area contributed by atoms with Crippen molar-refractivity contribution in [2.75, 3.05) is 39.6 Å². The normalized spacial score (nSPS) is 14.1. The summed E-state index contributed by atoms with van der Waals surface area (Å²) < 4.78 is 68.8. The van der Waals surface area contributed by atoms with Gasteiger partial charge in [-0.15, -0.1) is 0 Å². The molecule has 612 valence electrons. The van der Waals surface area contributed by atoms with Gasteiger partial charge in [0.25, 0.3) is 0 Å². The van der Waals surface area contributed by atoms with Crippen LogP contribution in [0, 0.1) is 11.8 Å². The van der Waals surface area contributed by atoms with Crippen LogP contribution in [0.4, 0.5) is 0 Å². The minimum Gasteiger partial charge on any atom is -0.462 e. The smallest absolute Gasteiger partial charge is 0.462 e. The molecule has 0 saturated carbocycles. The van der Waals surface area contributed by atoms with E-state index in [1.54, 1.807) is 0 Å². The molecule has 3 unspecified atom stereocenters. The van der Waals surface area contributed by atoms with E-state index in [9.17, 15) is 43.2 Å². The number of carbonyl (C=O) groups is 4. The van der Waals surface area contributed by atoms with Crippen molar-refractivity contribution in [1.29, 1.82) is 0 Å². The van der Waals surface area contributed by atoms with Gasteiger partial charge in [0, 0.05) is 25.7 Å². The first kappa shape index (κ1) is 101. The number of aliphatic hydroxyl groups excluding tert-OH is 1. The molecule has 0 aliphatic rings. The lowest BCUT2D eigenvalue weighted by Crippen LogP contribution is -2.30. The number of carbonyl (C=O) groups excluding carboxylic acids is 4. The summed E-state index contributed by atoms with van der Waals surface area (Å²) in [5, 5.41) is 10.7. The van der Waals surface area contributed by atoms with Crippen molar-refractivity contribution < 1.29 is 80.2 Å².